The minimum absolute atomic E-state index is 0. The van der Waals surface area contributed by atoms with E-state index in [-0.39, 0.29) is 23.2 Å². The number of carbonyl (C=O) groups is 1. The second kappa shape index (κ2) is 11.1. The molecule has 1 aliphatic rings. The molecule has 0 atom stereocenters. The number of para-hydroxylation sites is 1. The fourth-order valence-corrected chi connectivity index (χ4v) is 6.61. The average Bonchev–Trinajstić information content (AvgIpc) is 3.47. The van der Waals surface area contributed by atoms with E-state index in [4.69, 9.17) is 4.98 Å². The highest BCUT2D eigenvalue weighted by Crippen LogP contribution is 2.32. The first-order valence-electron chi connectivity index (χ1n) is 11.2. The Morgan fingerprint density at radius 3 is 2.35 bits per heavy atom. The van der Waals surface area contributed by atoms with Crippen molar-refractivity contribution in [2.45, 2.75) is 31.1 Å². The summed E-state index contributed by atoms with van der Waals surface area (Å²) in [6.07, 6.45) is 2.58. The Hall–Kier alpha value is -2.04. The summed E-state index contributed by atoms with van der Waals surface area (Å²) >= 11 is 1.50. The summed E-state index contributed by atoms with van der Waals surface area (Å²) < 4.78 is 28.2. The topological polar surface area (TPSA) is 73.8 Å². The summed E-state index contributed by atoms with van der Waals surface area (Å²) in [4.78, 5) is 22.3. The van der Waals surface area contributed by atoms with Gasteiger partial charge in [-0.15, -0.1) is 12.4 Å². The van der Waals surface area contributed by atoms with Crippen LogP contribution in [0.2, 0.25) is 0 Å². The molecule has 0 bridgehead atoms. The molecular weight excluding hydrogens is 492 g/mol. The third-order valence-corrected chi connectivity index (χ3v) is 8.83. The quantitative estimate of drug-likeness (QED) is 0.438. The molecule has 0 spiro atoms. The van der Waals surface area contributed by atoms with Gasteiger partial charge in [-0.3, -0.25) is 9.69 Å². The Bertz CT molecular complexity index is 1240. The molecule has 10 heteroatoms. The first-order chi connectivity index (χ1) is 15.8. The molecule has 7 nitrogen and oxygen atoms in total. The van der Waals surface area contributed by atoms with Crippen molar-refractivity contribution in [2.24, 2.45) is 0 Å². The predicted octanol–water partition coefficient (Wildman–Crippen LogP) is 4.41. The minimum atomic E-state index is -3.51. The summed E-state index contributed by atoms with van der Waals surface area (Å²) in [5.74, 6) is -0.171. The molecule has 1 aromatic heterocycles. The normalized spacial score (nSPS) is 14.5. The van der Waals surface area contributed by atoms with Crippen molar-refractivity contribution in [3.63, 3.8) is 0 Å². The monoisotopic (exact) mass is 522 g/mol. The third-order valence-electron chi connectivity index (χ3n) is 5.88. The maximum atomic E-state index is 13.5. The van der Waals surface area contributed by atoms with Crippen LogP contribution in [0.25, 0.3) is 10.2 Å². The largest absolute Gasteiger partial charge is 0.309 e. The first kappa shape index (κ1) is 26.6. The Labute approximate surface area is 211 Å². The van der Waals surface area contributed by atoms with Crippen LogP contribution in [0.5, 0.6) is 0 Å². The van der Waals surface area contributed by atoms with E-state index in [0.717, 1.165) is 41.6 Å². The molecule has 0 unspecified atom stereocenters. The number of benzene rings is 2. The van der Waals surface area contributed by atoms with E-state index in [2.05, 4.69) is 4.90 Å². The number of thiazole rings is 1. The molecule has 0 saturated carbocycles. The molecule has 2 heterocycles. The molecule has 0 radical (unpaired) electrons. The number of rotatable bonds is 8. The number of hydrogen-bond donors (Lipinski definition) is 0. The highest BCUT2D eigenvalue weighted by atomic mass is 35.5. The van der Waals surface area contributed by atoms with E-state index < -0.39 is 10.0 Å². The van der Waals surface area contributed by atoms with Gasteiger partial charge in [-0.2, -0.15) is 4.31 Å². The van der Waals surface area contributed by atoms with Crippen molar-refractivity contribution in [2.75, 3.05) is 45.2 Å². The second-order valence-electron chi connectivity index (χ2n) is 8.67. The molecule has 0 N–H and O–H groups in total. The van der Waals surface area contributed by atoms with E-state index in [0.29, 0.717) is 30.3 Å². The fraction of sp³-hybridized carbons (Fsp3) is 0.417. The van der Waals surface area contributed by atoms with Crippen LogP contribution in [-0.4, -0.2) is 68.8 Å². The summed E-state index contributed by atoms with van der Waals surface area (Å²) in [6.45, 7) is 4.51. The summed E-state index contributed by atoms with van der Waals surface area (Å²) in [7, 11) is 0.507. The zero-order valence-corrected chi connectivity index (χ0v) is 22.2. The number of aromatic nitrogens is 1. The molecule has 4 rings (SSSR count). The van der Waals surface area contributed by atoms with Gasteiger partial charge < -0.3 is 4.90 Å². The van der Waals surface area contributed by atoms with Gasteiger partial charge in [-0.1, -0.05) is 23.5 Å². The van der Waals surface area contributed by atoms with Crippen LogP contribution in [-0.2, 0) is 10.0 Å². The van der Waals surface area contributed by atoms with Crippen molar-refractivity contribution in [1.29, 1.82) is 0 Å². The Morgan fingerprint density at radius 1 is 1.06 bits per heavy atom. The number of carbonyl (C=O) groups excluding carboxylic acids is 1. The molecule has 3 aromatic rings. The van der Waals surface area contributed by atoms with Gasteiger partial charge in [0.25, 0.3) is 5.91 Å². The van der Waals surface area contributed by atoms with Gasteiger partial charge in [0.15, 0.2) is 5.13 Å². The van der Waals surface area contributed by atoms with Crippen LogP contribution in [0.1, 0.15) is 35.2 Å². The Balaban J connectivity index is 0.00000324. The molecule has 1 saturated heterocycles. The van der Waals surface area contributed by atoms with E-state index in [1.54, 1.807) is 29.2 Å². The van der Waals surface area contributed by atoms with Gasteiger partial charge in [0.05, 0.1) is 15.1 Å². The van der Waals surface area contributed by atoms with Gasteiger partial charge in [-0.25, -0.2) is 13.4 Å². The lowest BCUT2D eigenvalue weighted by atomic mass is 10.2. The van der Waals surface area contributed by atoms with Crippen LogP contribution in [0.15, 0.2) is 47.4 Å². The van der Waals surface area contributed by atoms with Crippen molar-refractivity contribution in [3.8, 4) is 0 Å². The number of hydrogen-bond acceptors (Lipinski definition) is 6. The zero-order valence-electron chi connectivity index (χ0n) is 19.7. The lowest BCUT2D eigenvalue weighted by Crippen LogP contribution is -2.33. The summed E-state index contributed by atoms with van der Waals surface area (Å²) in [6, 6.07) is 12.3. The number of amides is 1. The van der Waals surface area contributed by atoms with Crippen molar-refractivity contribution < 1.29 is 13.2 Å². The lowest BCUT2D eigenvalue weighted by Gasteiger charge is -2.21. The molecule has 1 aliphatic heterocycles. The molecule has 34 heavy (non-hydrogen) atoms. The number of aryl methyl sites for hydroxylation is 1. The Kier molecular flexibility index (Phi) is 8.70. The van der Waals surface area contributed by atoms with E-state index >= 15 is 0 Å². The maximum absolute atomic E-state index is 13.5. The summed E-state index contributed by atoms with van der Waals surface area (Å²) in [5.41, 5.74) is 2.44. The number of nitrogens with zero attached hydrogens (tertiary/aromatic N) is 4. The van der Waals surface area contributed by atoms with E-state index in [9.17, 15) is 13.2 Å². The van der Waals surface area contributed by atoms with Crippen LogP contribution in [0, 0.1) is 6.92 Å². The van der Waals surface area contributed by atoms with E-state index in [1.807, 2.05) is 39.2 Å². The minimum Gasteiger partial charge on any atom is -0.309 e. The van der Waals surface area contributed by atoms with Crippen LogP contribution >= 0.6 is 23.7 Å². The highest BCUT2D eigenvalue weighted by molar-refractivity contribution is 7.89. The van der Waals surface area contributed by atoms with Gasteiger partial charge in [0.1, 0.15) is 0 Å². The van der Waals surface area contributed by atoms with Crippen LogP contribution in [0.3, 0.4) is 0 Å². The first-order valence-corrected chi connectivity index (χ1v) is 13.5. The molecule has 184 valence electrons. The standard InChI is InChI=1S/C24H30N4O3S2.ClH/c1-18-8-6-9-21-22(18)25-24(32-21)28(17-7-14-26(2)3)23(29)19-10-12-20(13-11-19)33(30,31)27-15-4-5-16-27;/h6,8-13H,4-5,7,14-17H2,1-3H3;1H. The van der Waals surface area contributed by atoms with Gasteiger partial charge in [0.2, 0.25) is 10.0 Å². The molecular formula is C24H31ClN4O3S2. The molecule has 0 aliphatic carbocycles. The number of halogens is 1. The van der Waals surface area contributed by atoms with Gasteiger partial charge in [0, 0.05) is 25.2 Å². The highest BCUT2D eigenvalue weighted by Gasteiger charge is 2.28. The van der Waals surface area contributed by atoms with Crippen LogP contribution < -0.4 is 4.90 Å². The molecule has 1 amide bonds. The number of sulfonamides is 1. The zero-order chi connectivity index (χ0) is 23.6. The van der Waals surface area contributed by atoms with Crippen molar-refractivity contribution >= 4 is 55.0 Å². The SMILES string of the molecule is Cc1cccc2sc(N(CCCN(C)C)C(=O)c3ccc(S(=O)(=O)N4CCCC4)cc3)nc12.Cl. The second-order valence-corrected chi connectivity index (χ2v) is 11.6. The maximum Gasteiger partial charge on any atom is 0.260 e. The van der Waals surface area contributed by atoms with Gasteiger partial charge >= 0.3 is 0 Å². The smallest absolute Gasteiger partial charge is 0.260 e. The number of anilines is 1. The average molecular weight is 523 g/mol. The van der Waals surface area contributed by atoms with Crippen molar-refractivity contribution in [1.82, 2.24) is 14.2 Å². The van der Waals surface area contributed by atoms with Gasteiger partial charge in [-0.05, 0) is 82.7 Å². The predicted molar refractivity (Wildman–Crippen MR) is 141 cm³/mol. The molecule has 2 aromatic carbocycles. The fourth-order valence-electron chi connectivity index (χ4n) is 4.02. The van der Waals surface area contributed by atoms with E-state index in [1.165, 1.54) is 15.6 Å². The number of fused-ring (bicyclic) bond motifs is 1. The van der Waals surface area contributed by atoms with Crippen molar-refractivity contribution in [3.05, 3.63) is 53.6 Å². The van der Waals surface area contributed by atoms with Crippen LogP contribution in [0.4, 0.5) is 5.13 Å². The lowest BCUT2D eigenvalue weighted by molar-refractivity contribution is 0.0986. The Morgan fingerprint density at radius 2 is 1.74 bits per heavy atom. The third kappa shape index (κ3) is 5.60. The summed E-state index contributed by atoms with van der Waals surface area (Å²) in [5, 5.41) is 0.664. The molecule has 1 fully saturated rings.